The van der Waals surface area contributed by atoms with Crippen molar-refractivity contribution in [2.75, 3.05) is 6.61 Å². The van der Waals surface area contributed by atoms with Crippen LogP contribution in [0.4, 0.5) is 0 Å². The van der Waals surface area contributed by atoms with Crippen molar-refractivity contribution >= 4 is 17.2 Å². The Kier molecular flexibility index (Phi) is 3.94. The molecule has 1 aromatic carbocycles. The van der Waals surface area contributed by atoms with E-state index >= 15 is 0 Å². The minimum absolute atomic E-state index is 0.399. The largest absolute Gasteiger partial charge is 0.493 e. The van der Waals surface area contributed by atoms with Gasteiger partial charge in [-0.05, 0) is 30.3 Å². The summed E-state index contributed by atoms with van der Waals surface area (Å²) in [5.74, 6) is 0.817. The van der Waals surface area contributed by atoms with Crippen LogP contribution in [0, 0.1) is 0 Å². The molecule has 0 radical (unpaired) electrons. The molecule has 0 aliphatic rings. The van der Waals surface area contributed by atoms with E-state index in [1.165, 1.54) is 0 Å². The second kappa shape index (κ2) is 5.64. The van der Waals surface area contributed by atoms with Crippen molar-refractivity contribution in [2.24, 2.45) is 12.8 Å². The van der Waals surface area contributed by atoms with Crippen LogP contribution in [0.3, 0.4) is 0 Å². The van der Waals surface area contributed by atoms with E-state index in [1.807, 2.05) is 42.1 Å². The molecule has 1 heterocycles. The number of nitrogens with zero attached hydrogens (tertiary/aromatic N) is 2. The Labute approximate surface area is 111 Å². The van der Waals surface area contributed by atoms with Crippen LogP contribution in [0.5, 0.6) is 5.75 Å². The molecule has 0 spiro atoms. The molecule has 1 aromatic heterocycles. The summed E-state index contributed by atoms with van der Waals surface area (Å²) in [5, 5.41) is 4.11. The number of aromatic nitrogens is 2. The monoisotopic (exact) mass is 261 g/mol. The highest BCUT2D eigenvalue weighted by atomic mass is 32.1. The first-order chi connectivity index (χ1) is 8.66. The molecule has 0 amide bonds. The summed E-state index contributed by atoms with van der Waals surface area (Å²) in [6.07, 6.45) is 2.61. The van der Waals surface area contributed by atoms with Gasteiger partial charge in [-0.3, -0.25) is 4.68 Å². The van der Waals surface area contributed by atoms with Crippen LogP contribution in [-0.4, -0.2) is 21.4 Å². The lowest BCUT2D eigenvalue weighted by molar-refractivity contribution is 0.318. The van der Waals surface area contributed by atoms with E-state index in [2.05, 4.69) is 5.10 Å². The Balaban J connectivity index is 1.87. The average Bonchev–Trinajstić information content (AvgIpc) is 2.76. The zero-order valence-corrected chi connectivity index (χ0v) is 11.0. The standard InChI is InChI=1S/C13H15N3OS/c1-16-11(6-8-15-16)7-9-17-12-4-2-10(3-5-12)13(14)18/h2-6,8H,7,9H2,1H3,(H2,14,18). The number of aryl methyl sites for hydroxylation is 1. The number of hydrogen-bond acceptors (Lipinski definition) is 3. The van der Waals surface area contributed by atoms with Crippen molar-refractivity contribution in [1.29, 1.82) is 0 Å². The summed E-state index contributed by atoms with van der Waals surface area (Å²) in [6, 6.07) is 9.46. The minimum atomic E-state index is 0.399. The van der Waals surface area contributed by atoms with Crippen LogP contribution < -0.4 is 10.5 Å². The van der Waals surface area contributed by atoms with Crippen molar-refractivity contribution in [2.45, 2.75) is 6.42 Å². The van der Waals surface area contributed by atoms with Gasteiger partial charge in [-0.25, -0.2) is 0 Å². The lowest BCUT2D eigenvalue weighted by atomic mass is 10.2. The molecule has 2 aromatic rings. The molecule has 0 saturated heterocycles. The fourth-order valence-electron chi connectivity index (χ4n) is 1.64. The van der Waals surface area contributed by atoms with Crippen molar-refractivity contribution in [3.8, 4) is 5.75 Å². The van der Waals surface area contributed by atoms with Crippen LogP contribution in [0.15, 0.2) is 36.5 Å². The number of rotatable bonds is 5. The molecule has 0 bridgehead atoms. The fourth-order valence-corrected chi connectivity index (χ4v) is 1.77. The average molecular weight is 261 g/mol. The van der Waals surface area contributed by atoms with Gasteiger partial charge in [-0.2, -0.15) is 5.10 Å². The van der Waals surface area contributed by atoms with Gasteiger partial charge in [-0.1, -0.05) is 12.2 Å². The van der Waals surface area contributed by atoms with Gasteiger partial charge >= 0.3 is 0 Å². The highest BCUT2D eigenvalue weighted by Gasteiger charge is 2.00. The Morgan fingerprint density at radius 3 is 2.61 bits per heavy atom. The molecule has 0 fully saturated rings. The van der Waals surface area contributed by atoms with Gasteiger partial charge in [0.15, 0.2) is 0 Å². The smallest absolute Gasteiger partial charge is 0.119 e. The number of ether oxygens (including phenoxy) is 1. The van der Waals surface area contributed by atoms with Gasteiger partial charge in [-0.15, -0.1) is 0 Å². The SMILES string of the molecule is Cn1nccc1CCOc1ccc(C(N)=S)cc1. The summed E-state index contributed by atoms with van der Waals surface area (Å²) in [5.41, 5.74) is 7.52. The summed E-state index contributed by atoms with van der Waals surface area (Å²) in [6.45, 7) is 0.617. The highest BCUT2D eigenvalue weighted by molar-refractivity contribution is 7.80. The molecule has 18 heavy (non-hydrogen) atoms. The second-order valence-corrected chi connectivity index (χ2v) is 4.37. The predicted octanol–water partition coefficient (Wildman–Crippen LogP) is 1.68. The molecule has 2 rings (SSSR count). The van der Waals surface area contributed by atoms with E-state index in [4.69, 9.17) is 22.7 Å². The van der Waals surface area contributed by atoms with Gasteiger partial charge in [0, 0.05) is 30.9 Å². The van der Waals surface area contributed by atoms with Crippen LogP contribution in [0.2, 0.25) is 0 Å². The maximum absolute atomic E-state index is 5.64. The summed E-state index contributed by atoms with van der Waals surface area (Å²) in [7, 11) is 1.92. The first-order valence-electron chi connectivity index (χ1n) is 5.66. The van der Waals surface area contributed by atoms with E-state index in [0.717, 1.165) is 23.4 Å². The fraction of sp³-hybridized carbons (Fsp3) is 0.231. The van der Waals surface area contributed by atoms with Crippen molar-refractivity contribution in [3.63, 3.8) is 0 Å². The number of thiocarbonyl (C=S) groups is 1. The van der Waals surface area contributed by atoms with Crippen LogP contribution in [-0.2, 0) is 13.5 Å². The third-order valence-electron chi connectivity index (χ3n) is 2.69. The molecule has 5 heteroatoms. The van der Waals surface area contributed by atoms with E-state index in [-0.39, 0.29) is 0 Å². The Morgan fingerprint density at radius 1 is 1.33 bits per heavy atom. The van der Waals surface area contributed by atoms with E-state index in [0.29, 0.717) is 11.6 Å². The molecule has 0 aliphatic heterocycles. The molecular weight excluding hydrogens is 246 g/mol. The highest BCUT2D eigenvalue weighted by Crippen LogP contribution is 2.12. The molecule has 0 saturated carbocycles. The Morgan fingerprint density at radius 2 is 2.06 bits per heavy atom. The molecule has 0 aliphatic carbocycles. The van der Waals surface area contributed by atoms with Gasteiger partial charge in [0.2, 0.25) is 0 Å². The lowest BCUT2D eigenvalue weighted by Crippen LogP contribution is -2.09. The maximum Gasteiger partial charge on any atom is 0.119 e. The van der Waals surface area contributed by atoms with E-state index < -0.39 is 0 Å². The van der Waals surface area contributed by atoms with Crippen LogP contribution >= 0.6 is 12.2 Å². The lowest BCUT2D eigenvalue weighted by Gasteiger charge is -2.07. The molecule has 4 nitrogen and oxygen atoms in total. The van der Waals surface area contributed by atoms with E-state index in [9.17, 15) is 0 Å². The zero-order valence-electron chi connectivity index (χ0n) is 10.2. The minimum Gasteiger partial charge on any atom is -0.493 e. The summed E-state index contributed by atoms with van der Waals surface area (Å²) >= 11 is 4.89. The molecule has 0 atom stereocenters. The zero-order chi connectivity index (χ0) is 13.0. The van der Waals surface area contributed by atoms with Crippen molar-refractivity contribution < 1.29 is 4.74 Å². The van der Waals surface area contributed by atoms with Crippen molar-refractivity contribution in [3.05, 3.63) is 47.8 Å². The number of hydrogen-bond donors (Lipinski definition) is 1. The molecule has 0 unspecified atom stereocenters. The van der Waals surface area contributed by atoms with Gasteiger partial charge in [0.25, 0.3) is 0 Å². The normalized spacial score (nSPS) is 10.3. The number of benzene rings is 1. The molecule has 2 N–H and O–H groups in total. The van der Waals surface area contributed by atoms with Gasteiger partial charge in [0.05, 0.1) is 6.61 Å². The first kappa shape index (κ1) is 12.6. The maximum atomic E-state index is 5.64. The number of nitrogens with two attached hydrogens (primary N) is 1. The van der Waals surface area contributed by atoms with Gasteiger partial charge in [0.1, 0.15) is 10.7 Å². The first-order valence-corrected chi connectivity index (χ1v) is 6.07. The van der Waals surface area contributed by atoms with Crippen molar-refractivity contribution in [1.82, 2.24) is 9.78 Å². The quantitative estimate of drug-likeness (QED) is 0.832. The summed E-state index contributed by atoms with van der Waals surface area (Å²) < 4.78 is 7.49. The second-order valence-electron chi connectivity index (χ2n) is 3.93. The Hall–Kier alpha value is -1.88. The molecular formula is C13H15N3OS. The van der Waals surface area contributed by atoms with E-state index in [1.54, 1.807) is 6.20 Å². The van der Waals surface area contributed by atoms with Crippen LogP contribution in [0.25, 0.3) is 0 Å². The summed E-state index contributed by atoms with van der Waals surface area (Å²) in [4.78, 5) is 0.399. The van der Waals surface area contributed by atoms with Gasteiger partial charge < -0.3 is 10.5 Å². The molecule has 94 valence electrons. The Bertz CT molecular complexity index is 533. The topological polar surface area (TPSA) is 53.1 Å². The third kappa shape index (κ3) is 3.07. The third-order valence-corrected chi connectivity index (χ3v) is 2.92. The predicted molar refractivity (Wildman–Crippen MR) is 74.7 cm³/mol. The van der Waals surface area contributed by atoms with Crippen LogP contribution in [0.1, 0.15) is 11.3 Å².